The number of rotatable bonds is 8. The summed E-state index contributed by atoms with van der Waals surface area (Å²) in [6, 6.07) is 15.6. The Morgan fingerprint density at radius 2 is 1.78 bits per heavy atom. The first-order valence-corrected chi connectivity index (χ1v) is 8.23. The zero-order chi connectivity index (χ0) is 16.7. The molecule has 0 amide bonds. The van der Waals surface area contributed by atoms with Crippen molar-refractivity contribution in [3.63, 3.8) is 0 Å². The minimum atomic E-state index is -0.778. The van der Waals surface area contributed by atoms with Gasteiger partial charge in [0.1, 0.15) is 0 Å². The molecule has 0 aromatic heterocycles. The fourth-order valence-electron chi connectivity index (χ4n) is 2.38. The third-order valence-electron chi connectivity index (χ3n) is 3.61. The lowest BCUT2D eigenvalue weighted by atomic mass is 10.0. The van der Waals surface area contributed by atoms with Gasteiger partial charge in [0.15, 0.2) is 0 Å². The fraction of sp³-hybridized carbons (Fsp3) is 0.278. The molecule has 0 saturated heterocycles. The highest BCUT2D eigenvalue weighted by atomic mass is 35.5. The van der Waals surface area contributed by atoms with Crippen molar-refractivity contribution < 1.29 is 9.90 Å². The first-order valence-electron chi connectivity index (χ1n) is 7.47. The van der Waals surface area contributed by atoms with Crippen molar-refractivity contribution in [2.45, 2.75) is 31.8 Å². The molecule has 5 heteroatoms. The Hall–Kier alpha value is -1.55. The van der Waals surface area contributed by atoms with Crippen LogP contribution in [0.25, 0.3) is 0 Å². The van der Waals surface area contributed by atoms with Crippen LogP contribution in [0, 0.1) is 0 Å². The molecule has 0 bridgehead atoms. The highest BCUT2D eigenvalue weighted by Gasteiger charge is 2.12. The summed E-state index contributed by atoms with van der Waals surface area (Å²) in [5, 5.41) is 13.4. The standard InChI is InChI=1S/C18H19Cl2NO2/c19-16-8-6-14(11-17(16)20)12-21-15(7-9-18(22)23)10-13-4-2-1-3-5-13/h1-6,8,11,15,21H,7,9-10,12H2,(H,22,23). The number of carboxylic acids is 1. The molecule has 23 heavy (non-hydrogen) atoms. The summed E-state index contributed by atoms with van der Waals surface area (Å²) >= 11 is 11.9. The van der Waals surface area contributed by atoms with Crippen molar-refractivity contribution in [2.24, 2.45) is 0 Å². The first-order chi connectivity index (χ1) is 11.0. The number of carboxylic acid groups (broad SMARTS) is 1. The van der Waals surface area contributed by atoms with Crippen molar-refractivity contribution in [1.29, 1.82) is 0 Å². The van der Waals surface area contributed by atoms with E-state index in [0.29, 0.717) is 23.0 Å². The molecule has 0 saturated carbocycles. The molecule has 2 N–H and O–H groups in total. The van der Waals surface area contributed by atoms with E-state index in [1.54, 1.807) is 6.07 Å². The molecule has 0 heterocycles. The van der Waals surface area contributed by atoms with Crippen LogP contribution >= 0.6 is 23.2 Å². The maximum absolute atomic E-state index is 10.9. The lowest BCUT2D eigenvalue weighted by Gasteiger charge is -2.18. The van der Waals surface area contributed by atoms with Gasteiger partial charge >= 0.3 is 5.97 Å². The van der Waals surface area contributed by atoms with Gasteiger partial charge < -0.3 is 10.4 Å². The average molecular weight is 352 g/mol. The zero-order valence-electron chi connectivity index (χ0n) is 12.6. The number of halogens is 2. The van der Waals surface area contributed by atoms with E-state index in [2.05, 4.69) is 17.4 Å². The van der Waals surface area contributed by atoms with Crippen LogP contribution in [0.1, 0.15) is 24.0 Å². The summed E-state index contributed by atoms with van der Waals surface area (Å²) in [6.07, 6.45) is 1.51. The summed E-state index contributed by atoms with van der Waals surface area (Å²) in [6.45, 7) is 0.619. The quantitative estimate of drug-likeness (QED) is 0.732. The lowest BCUT2D eigenvalue weighted by Crippen LogP contribution is -2.31. The molecule has 2 aromatic rings. The van der Waals surface area contributed by atoms with Crippen LogP contribution in [0.4, 0.5) is 0 Å². The molecule has 122 valence electrons. The van der Waals surface area contributed by atoms with Crippen molar-refractivity contribution in [3.05, 3.63) is 69.7 Å². The van der Waals surface area contributed by atoms with Gasteiger partial charge in [-0.1, -0.05) is 59.6 Å². The molecule has 1 unspecified atom stereocenters. The minimum Gasteiger partial charge on any atom is -0.481 e. The highest BCUT2D eigenvalue weighted by Crippen LogP contribution is 2.22. The molecule has 0 fully saturated rings. The summed E-state index contributed by atoms with van der Waals surface area (Å²) in [5.74, 6) is -0.778. The molecule has 2 aromatic carbocycles. The first kappa shape index (κ1) is 17.8. The zero-order valence-corrected chi connectivity index (χ0v) is 14.1. The number of aliphatic carboxylic acids is 1. The van der Waals surface area contributed by atoms with E-state index in [-0.39, 0.29) is 12.5 Å². The second-order valence-corrected chi connectivity index (χ2v) is 6.26. The Balaban J connectivity index is 1.98. The predicted octanol–water partition coefficient (Wildman–Crippen LogP) is 4.56. The van der Waals surface area contributed by atoms with Gasteiger partial charge in [-0.05, 0) is 36.1 Å². The third kappa shape index (κ3) is 6.22. The molecule has 3 nitrogen and oxygen atoms in total. The Labute approximate surface area is 146 Å². The van der Waals surface area contributed by atoms with Crippen LogP contribution in [0.5, 0.6) is 0 Å². The number of nitrogens with one attached hydrogen (secondary N) is 1. The van der Waals surface area contributed by atoms with Crippen LogP contribution in [0.2, 0.25) is 10.0 Å². The van der Waals surface area contributed by atoms with Gasteiger partial charge in [-0.2, -0.15) is 0 Å². The highest BCUT2D eigenvalue weighted by molar-refractivity contribution is 6.42. The van der Waals surface area contributed by atoms with Gasteiger partial charge in [-0.3, -0.25) is 4.79 Å². The van der Waals surface area contributed by atoms with E-state index < -0.39 is 5.97 Å². The largest absolute Gasteiger partial charge is 0.481 e. The Kier molecular flexibility index (Phi) is 6.90. The maximum atomic E-state index is 10.9. The van der Waals surface area contributed by atoms with Crippen LogP contribution < -0.4 is 5.32 Å². The summed E-state index contributed by atoms with van der Waals surface area (Å²) < 4.78 is 0. The second-order valence-electron chi connectivity index (χ2n) is 5.45. The van der Waals surface area contributed by atoms with Crippen molar-refractivity contribution in [3.8, 4) is 0 Å². The second kappa shape index (κ2) is 8.92. The van der Waals surface area contributed by atoms with E-state index in [1.165, 1.54) is 5.56 Å². The Morgan fingerprint density at radius 1 is 1.04 bits per heavy atom. The van der Waals surface area contributed by atoms with Gasteiger partial charge in [0.05, 0.1) is 10.0 Å². The van der Waals surface area contributed by atoms with E-state index in [1.807, 2.05) is 30.3 Å². The summed E-state index contributed by atoms with van der Waals surface area (Å²) in [7, 11) is 0. The topological polar surface area (TPSA) is 49.3 Å². The normalized spacial score (nSPS) is 12.1. The van der Waals surface area contributed by atoms with E-state index in [9.17, 15) is 4.79 Å². The monoisotopic (exact) mass is 351 g/mol. The number of hydrogen-bond acceptors (Lipinski definition) is 2. The molecule has 0 spiro atoms. The molecule has 0 aliphatic heterocycles. The summed E-state index contributed by atoms with van der Waals surface area (Å²) in [5.41, 5.74) is 2.21. The number of hydrogen-bond donors (Lipinski definition) is 2. The van der Waals surface area contributed by atoms with Gasteiger partial charge in [0.2, 0.25) is 0 Å². The van der Waals surface area contributed by atoms with Gasteiger partial charge in [-0.25, -0.2) is 0 Å². The van der Waals surface area contributed by atoms with E-state index in [0.717, 1.165) is 12.0 Å². The molecule has 1 atom stereocenters. The number of carbonyl (C=O) groups is 1. The summed E-state index contributed by atoms with van der Waals surface area (Å²) in [4.78, 5) is 10.9. The van der Waals surface area contributed by atoms with Crippen molar-refractivity contribution in [2.75, 3.05) is 0 Å². The maximum Gasteiger partial charge on any atom is 0.303 e. The Bertz CT molecular complexity index is 647. The van der Waals surface area contributed by atoms with Gasteiger partial charge in [0, 0.05) is 19.0 Å². The van der Waals surface area contributed by atoms with Crippen LogP contribution in [-0.4, -0.2) is 17.1 Å². The molecule has 0 aliphatic rings. The molecule has 0 aliphatic carbocycles. The van der Waals surface area contributed by atoms with Crippen LogP contribution in [0.3, 0.4) is 0 Å². The fourth-order valence-corrected chi connectivity index (χ4v) is 2.71. The van der Waals surface area contributed by atoms with Crippen LogP contribution in [0.15, 0.2) is 48.5 Å². The molecular formula is C18H19Cl2NO2. The van der Waals surface area contributed by atoms with Crippen molar-refractivity contribution in [1.82, 2.24) is 5.32 Å². The average Bonchev–Trinajstić information content (AvgIpc) is 2.54. The minimum absolute atomic E-state index is 0.0861. The van der Waals surface area contributed by atoms with Gasteiger partial charge in [-0.15, -0.1) is 0 Å². The molecule has 0 radical (unpaired) electrons. The van der Waals surface area contributed by atoms with Crippen LogP contribution in [-0.2, 0) is 17.8 Å². The van der Waals surface area contributed by atoms with Crippen molar-refractivity contribution >= 4 is 29.2 Å². The number of benzene rings is 2. The third-order valence-corrected chi connectivity index (χ3v) is 4.35. The predicted molar refractivity (Wildman–Crippen MR) is 94.1 cm³/mol. The molecule has 2 rings (SSSR count). The Morgan fingerprint density at radius 3 is 2.43 bits per heavy atom. The smallest absolute Gasteiger partial charge is 0.303 e. The SMILES string of the molecule is O=C(O)CCC(Cc1ccccc1)NCc1ccc(Cl)c(Cl)c1. The van der Waals surface area contributed by atoms with Gasteiger partial charge in [0.25, 0.3) is 0 Å². The van der Waals surface area contributed by atoms with E-state index >= 15 is 0 Å². The lowest BCUT2D eigenvalue weighted by molar-refractivity contribution is -0.137. The molecular weight excluding hydrogens is 333 g/mol. The van der Waals surface area contributed by atoms with E-state index in [4.69, 9.17) is 28.3 Å².